The van der Waals surface area contributed by atoms with E-state index in [1.807, 2.05) is 32.9 Å². The van der Waals surface area contributed by atoms with Crippen LogP contribution >= 0.6 is 0 Å². The number of aryl methyl sites for hydroxylation is 1. The van der Waals surface area contributed by atoms with Gasteiger partial charge in [0, 0.05) is 12.0 Å². The average Bonchev–Trinajstić information content (AvgIpc) is 2.22. The number of aromatic hydroxyl groups is 1. The lowest BCUT2D eigenvalue weighted by Gasteiger charge is -2.29. The number of benzene rings is 1. The summed E-state index contributed by atoms with van der Waals surface area (Å²) in [4.78, 5) is 10.8. The smallest absolute Gasteiger partial charge is 0.303 e. The fourth-order valence-electron chi connectivity index (χ4n) is 2.52. The SMILES string of the molecule is CC(C)(C)c1ccc(CCC(=O)O)c(C(C)(C)C)c1O. The average molecular weight is 278 g/mol. The highest BCUT2D eigenvalue weighted by Crippen LogP contribution is 2.41. The first-order chi connectivity index (χ1) is 8.94. The molecular weight excluding hydrogens is 252 g/mol. The van der Waals surface area contributed by atoms with E-state index in [0.717, 1.165) is 16.7 Å². The van der Waals surface area contributed by atoms with Crippen LogP contribution < -0.4 is 0 Å². The number of aliphatic carboxylic acids is 1. The first kappa shape index (κ1) is 16.5. The van der Waals surface area contributed by atoms with Gasteiger partial charge in [0.15, 0.2) is 0 Å². The second-order valence-electron chi connectivity index (χ2n) is 7.39. The molecule has 0 bridgehead atoms. The van der Waals surface area contributed by atoms with Gasteiger partial charge in [-0.25, -0.2) is 0 Å². The predicted molar refractivity (Wildman–Crippen MR) is 81.5 cm³/mol. The third-order valence-electron chi connectivity index (χ3n) is 3.43. The molecule has 0 aliphatic rings. The monoisotopic (exact) mass is 278 g/mol. The van der Waals surface area contributed by atoms with Crippen molar-refractivity contribution >= 4 is 5.97 Å². The Bertz CT molecular complexity index is 502. The van der Waals surface area contributed by atoms with Gasteiger partial charge in [0.05, 0.1) is 0 Å². The van der Waals surface area contributed by atoms with Crippen LogP contribution in [0.4, 0.5) is 0 Å². The third-order valence-corrected chi connectivity index (χ3v) is 3.43. The van der Waals surface area contributed by atoms with Crippen LogP contribution in [0.5, 0.6) is 5.75 Å². The molecule has 0 unspecified atom stereocenters. The van der Waals surface area contributed by atoms with Crippen molar-refractivity contribution in [3.8, 4) is 5.75 Å². The Kier molecular flexibility index (Phi) is 4.52. The molecule has 0 aliphatic carbocycles. The van der Waals surface area contributed by atoms with Gasteiger partial charge in [-0.15, -0.1) is 0 Å². The summed E-state index contributed by atoms with van der Waals surface area (Å²) in [5.41, 5.74) is 2.33. The van der Waals surface area contributed by atoms with E-state index < -0.39 is 5.97 Å². The first-order valence-electron chi connectivity index (χ1n) is 7.02. The Morgan fingerprint density at radius 3 is 2.00 bits per heavy atom. The molecule has 1 aromatic rings. The van der Waals surface area contributed by atoms with Crippen LogP contribution in [0.3, 0.4) is 0 Å². The molecule has 0 saturated heterocycles. The second kappa shape index (κ2) is 5.47. The summed E-state index contributed by atoms with van der Waals surface area (Å²) in [5.74, 6) is -0.503. The molecule has 0 spiro atoms. The van der Waals surface area contributed by atoms with E-state index in [1.165, 1.54) is 0 Å². The molecule has 0 heterocycles. The van der Waals surface area contributed by atoms with Gasteiger partial charge in [0.25, 0.3) is 0 Å². The largest absolute Gasteiger partial charge is 0.507 e. The van der Waals surface area contributed by atoms with E-state index in [-0.39, 0.29) is 17.3 Å². The minimum absolute atomic E-state index is 0.0807. The second-order valence-corrected chi connectivity index (χ2v) is 7.39. The molecule has 1 aromatic carbocycles. The normalized spacial score (nSPS) is 12.5. The van der Waals surface area contributed by atoms with Crippen LogP contribution in [0.25, 0.3) is 0 Å². The van der Waals surface area contributed by atoms with Gasteiger partial charge in [-0.2, -0.15) is 0 Å². The van der Waals surface area contributed by atoms with Gasteiger partial charge in [-0.3, -0.25) is 4.79 Å². The summed E-state index contributed by atoms with van der Waals surface area (Å²) >= 11 is 0. The standard InChI is InChI=1S/C17H26O3/c1-16(2,3)12-9-7-11(8-10-13(18)19)14(15(12)20)17(4,5)6/h7,9,20H,8,10H2,1-6H3,(H,18,19). The van der Waals surface area contributed by atoms with Gasteiger partial charge in [-0.1, -0.05) is 53.7 Å². The number of rotatable bonds is 3. The highest BCUT2D eigenvalue weighted by molar-refractivity contribution is 5.67. The molecule has 3 nitrogen and oxygen atoms in total. The molecular formula is C17H26O3. The number of phenols is 1. The molecule has 0 amide bonds. The van der Waals surface area contributed by atoms with E-state index in [4.69, 9.17) is 5.11 Å². The minimum atomic E-state index is -0.816. The zero-order chi connectivity index (χ0) is 15.7. The molecule has 20 heavy (non-hydrogen) atoms. The molecule has 112 valence electrons. The minimum Gasteiger partial charge on any atom is -0.507 e. The van der Waals surface area contributed by atoms with Gasteiger partial charge in [0.1, 0.15) is 5.75 Å². The number of hydrogen-bond acceptors (Lipinski definition) is 2. The van der Waals surface area contributed by atoms with Crippen LogP contribution in [0.15, 0.2) is 12.1 Å². The fourth-order valence-corrected chi connectivity index (χ4v) is 2.52. The summed E-state index contributed by atoms with van der Waals surface area (Å²) in [6.45, 7) is 12.3. The summed E-state index contributed by atoms with van der Waals surface area (Å²) in [7, 11) is 0. The van der Waals surface area contributed by atoms with E-state index in [0.29, 0.717) is 12.2 Å². The molecule has 0 fully saturated rings. The lowest BCUT2D eigenvalue weighted by Crippen LogP contribution is -2.19. The number of carboxylic acids is 1. The van der Waals surface area contributed by atoms with E-state index >= 15 is 0 Å². The van der Waals surface area contributed by atoms with Crippen molar-refractivity contribution in [2.45, 2.75) is 65.2 Å². The first-order valence-corrected chi connectivity index (χ1v) is 7.02. The van der Waals surface area contributed by atoms with Crippen molar-refractivity contribution in [1.29, 1.82) is 0 Å². The maximum absolute atomic E-state index is 10.8. The summed E-state index contributed by atoms with van der Waals surface area (Å²) in [5, 5.41) is 19.5. The van der Waals surface area contributed by atoms with Crippen molar-refractivity contribution in [2.24, 2.45) is 0 Å². The summed E-state index contributed by atoms with van der Waals surface area (Å²) in [6.07, 6.45) is 0.525. The molecule has 3 heteroatoms. The Labute approximate surface area is 121 Å². The van der Waals surface area contributed by atoms with Crippen LogP contribution in [-0.4, -0.2) is 16.2 Å². The molecule has 2 N–H and O–H groups in total. The van der Waals surface area contributed by atoms with Crippen molar-refractivity contribution in [1.82, 2.24) is 0 Å². The van der Waals surface area contributed by atoms with Crippen LogP contribution in [-0.2, 0) is 22.0 Å². The highest BCUT2D eigenvalue weighted by atomic mass is 16.4. The van der Waals surface area contributed by atoms with E-state index in [2.05, 4.69) is 20.8 Å². The number of carboxylic acid groups (broad SMARTS) is 1. The van der Waals surface area contributed by atoms with Crippen molar-refractivity contribution in [3.05, 3.63) is 28.8 Å². The fraction of sp³-hybridized carbons (Fsp3) is 0.588. The van der Waals surface area contributed by atoms with E-state index in [9.17, 15) is 9.90 Å². The van der Waals surface area contributed by atoms with E-state index in [1.54, 1.807) is 0 Å². The molecule has 0 radical (unpaired) electrons. The van der Waals surface area contributed by atoms with Gasteiger partial charge in [0.2, 0.25) is 0 Å². The third kappa shape index (κ3) is 3.75. The van der Waals surface area contributed by atoms with Gasteiger partial charge >= 0.3 is 5.97 Å². The van der Waals surface area contributed by atoms with Crippen LogP contribution in [0, 0.1) is 0 Å². The maximum atomic E-state index is 10.8. The number of hydrogen-bond donors (Lipinski definition) is 2. The summed E-state index contributed by atoms with van der Waals surface area (Å²) in [6, 6.07) is 3.88. The Morgan fingerprint density at radius 2 is 1.60 bits per heavy atom. The van der Waals surface area contributed by atoms with Gasteiger partial charge in [-0.05, 0) is 28.4 Å². The lowest BCUT2D eigenvalue weighted by atomic mass is 9.76. The van der Waals surface area contributed by atoms with Gasteiger partial charge < -0.3 is 10.2 Å². The molecule has 1 rings (SSSR count). The van der Waals surface area contributed by atoms with Crippen LogP contribution in [0.2, 0.25) is 0 Å². The van der Waals surface area contributed by atoms with Crippen molar-refractivity contribution in [3.63, 3.8) is 0 Å². The molecule has 0 saturated carbocycles. The van der Waals surface area contributed by atoms with Crippen molar-refractivity contribution in [2.75, 3.05) is 0 Å². The zero-order valence-electron chi connectivity index (χ0n) is 13.4. The maximum Gasteiger partial charge on any atom is 0.303 e. The highest BCUT2D eigenvalue weighted by Gasteiger charge is 2.28. The number of carbonyl (C=O) groups is 1. The number of phenolic OH excluding ortho intramolecular Hbond substituents is 1. The molecule has 0 aromatic heterocycles. The molecule has 0 aliphatic heterocycles. The summed E-state index contributed by atoms with van der Waals surface area (Å²) < 4.78 is 0. The van der Waals surface area contributed by atoms with Crippen molar-refractivity contribution < 1.29 is 15.0 Å². The zero-order valence-corrected chi connectivity index (χ0v) is 13.4. The predicted octanol–water partition coefficient (Wildman–Crippen LogP) is 4.00. The topological polar surface area (TPSA) is 57.5 Å². The molecule has 0 atom stereocenters. The lowest BCUT2D eigenvalue weighted by molar-refractivity contribution is -0.136. The van der Waals surface area contributed by atoms with Crippen LogP contribution in [0.1, 0.15) is 64.7 Å². The Hall–Kier alpha value is -1.51. The quantitative estimate of drug-likeness (QED) is 0.878. The Morgan fingerprint density at radius 1 is 1.05 bits per heavy atom. The Balaban J connectivity index is 3.41.